The monoisotopic (exact) mass is 379 g/mol. The number of fused-ring (bicyclic) bond motifs is 1. The van der Waals surface area contributed by atoms with Crippen molar-refractivity contribution in [3.05, 3.63) is 59.1 Å². The first-order valence-corrected chi connectivity index (χ1v) is 9.81. The third kappa shape index (κ3) is 3.38. The molecule has 138 valence electrons. The van der Waals surface area contributed by atoms with Gasteiger partial charge >= 0.3 is 0 Å². The van der Waals surface area contributed by atoms with Crippen LogP contribution in [0.2, 0.25) is 0 Å². The van der Waals surface area contributed by atoms with Crippen LogP contribution in [-0.2, 0) is 6.42 Å². The first kappa shape index (κ1) is 17.5. The predicted molar refractivity (Wildman–Crippen MR) is 109 cm³/mol. The van der Waals surface area contributed by atoms with Crippen molar-refractivity contribution in [3.63, 3.8) is 0 Å². The maximum atomic E-state index is 12.8. The Kier molecular flexibility index (Phi) is 4.53. The molecule has 0 spiro atoms. The topological polar surface area (TPSA) is 75.6 Å². The van der Waals surface area contributed by atoms with E-state index in [2.05, 4.69) is 34.1 Å². The molecule has 6 nitrogen and oxygen atoms in total. The van der Waals surface area contributed by atoms with Gasteiger partial charge in [0, 0.05) is 28.9 Å². The summed E-state index contributed by atoms with van der Waals surface area (Å²) >= 11 is 1.54. The zero-order valence-corrected chi connectivity index (χ0v) is 16.3. The molecule has 0 fully saturated rings. The Labute approximate surface area is 161 Å². The molecule has 0 bridgehead atoms. The number of anilines is 1. The standard InChI is InChI=1S/C20H21N5OS/c1-4-16-17(24-20(27-16)25-9-5-6-10-25)19(26)21-13-7-8-14-15(11-13)23-18(22-14)12(2)3/h5-12H,4H2,1-3H3,(H,21,26)(H,22,23). The number of nitrogens with zero attached hydrogens (tertiary/aromatic N) is 3. The Bertz CT molecular complexity index is 1090. The van der Waals surface area contributed by atoms with Crippen molar-refractivity contribution in [3.8, 4) is 5.13 Å². The summed E-state index contributed by atoms with van der Waals surface area (Å²) in [4.78, 5) is 26.2. The lowest BCUT2D eigenvalue weighted by Crippen LogP contribution is -2.14. The molecule has 0 saturated carbocycles. The van der Waals surface area contributed by atoms with Crippen LogP contribution in [0.25, 0.3) is 16.2 Å². The van der Waals surface area contributed by atoms with Gasteiger partial charge in [0.1, 0.15) is 11.5 Å². The van der Waals surface area contributed by atoms with Crippen LogP contribution in [0.15, 0.2) is 42.7 Å². The Balaban J connectivity index is 1.61. The molecule has 0 unspecified atom stereocenters. The summed E-state index contributed by atoms with van der Waals surface area (Å²) in [5.74, 6) is 1.08. The van der Waals surface area contributed by atoms with Crippen LogP contribution in [0.3, 0.4) is 0 Å². The number of rotatable bonds is 5. The minimum Gasteiger partial charge on any atom is -0.342 e. The van der Waals surface area contributed by atoms with Crippen molar-refractivity contribution < 1.29 is 4.79 Å². The number of aromatic nitrogens is 4. The third-order valence-corrected chi connectivity index (χ3v) is 5.57. The van der Waals surface area contributed by atoms with E-state index in [-0.39, 0.29) is 5.91 Å². The molecule has 1 amide bonds. The van der Waals surface area contributed by atoms with Gasteiger partial charge in [0.15, 0.2) is 5.13 Å². The number of nitrogens with one attached hydrogen (secondary N) is 2. The number of imidazole rings is 1. The quantitative estimate of drug-likeness (QED) is 0.525. The molecule has 3 heterocycles. The maximum absolute atomic E-state index is 12.8. The molecular formula is C20H21N5OS. The Hall–Kier alpha value is -2.93. The molecule has 0 saturated heterocycles. The van der Waals surface area contributed by atoms with Gasteiger partial charge in [0.25, 0.3) is 5.91 Å². The second-order valence-electron chi connectivity index (χ2n) is 6.67. The highest BCUT2D eigenvalue weighted by atomic mass is 32.1. The number of benzene rings is 1. The van der Waals surface area contributed by atoms with E-state index in [0.29, 0.717) is 11.6 Å². The van der Waals surface area contributed by atoms with Gasteiger partial charge in [-0.1, -0.05) is 20.8 Å². The van der Waals surface area contributed by atoms with E-state index < -0.39 is 0 Å². The molecule has 7 heteroatoms. The van der Waals surface area contributed by atoms with E-state index in [0.717, 1.165) is 39.0 Å². The normalized spacial score (nSPS) is 11.4. The van der Waals surface area contributed by atoms with Crippen LogP contribution in [0.4, 0.5) is 5.69 Å². The fourth-order valence-corrected chi connectivity index (χ4v) is 3.86. The minimum absolute atomic E-state index is 0.190. The number of H-pyrrole nitrogens is 1. The molecule has 0 atom stereocenters. The number of carbonyl (C=O) groups excluding carboxylic acids is 1. The summed E-state index contributed by atoms with van der Waals surface area (Å²) in [6.07, 6.45) is 4.62. The lowest BCUT2D eigenvalue weighted by Gasteiger charge is -2.04. The predicted octanol–water partition coefficient (Wildman–Crippen LogP) is 4.75. The molecule has 3 aromatic heterocycles. The Morgan fingerprint density at radius 1 is 1.26 bits per heavy atom. The highest BCUT2D eigenvalue weighted by Crippen LogP contribution is 2.25. The van der Waals surface area contributed by atoms with Gasteiger partial charge in [0.2, 0.25) is 0 Å². The summed E-state index contributed by atoms with van der Waals surface area (Å²) in [5.41, 5.74) is 3.02. The molecule has 2 N–H and O–H groups in total. The largest absolute Gasteiger partial charge is 0.342 e. The van der Waals surface area contributed by atoms with Crippen molar-refractivity contribution in [2.75, 3.05) is 5.32 Å². The number of aromatic amines is 1. The van der Waals surface area contributed by atoms with E-state index in [4.69, 9.17) is 0 Å². The summed E-state index contributed by atoms with van der Waals surface area (Å²) < 4.78 is 1.92. The number of hydrogen-bond donors (Lipinski definition) is 2. The molecule has 27 heavy (non-hydrogen) atoms. The zero-order valence-electron chi connectivity index (χ0n) is 15.5. The second kappa shape index (κ2) is 7.00. The van der Waals surface area contributed by atoms with Crippen LogP contribution in [-0.4, -0.2) is 25.4 Å². The average molecular weight is 379 g/mol. The van der Waals surface area contributed by atoms with E-state index in [1.165, 1.54) is 0 Å². The van der Waals surface area contributed by atoms with Crippen molar-refractivity contribution in [1.82, 2.24) is 19.5 Å². The zero-order chi connectivity index (χ0) is 19.0. The van der Waals surface area contributed by atoms with Gasteiger partial charge < -0.3 is 14.9 Å². The van der Waals surface area contributed by atoms with Gasteiger partial charge in [-0.2, -0.15) is 0 Å². The summed E-state index contributed by atoms with van der Waals surface area (Å²) in [6, 6.07) is 9.59. The second-order valence-corrected chi connectivity index (χ2v) is 7.74. The van der Waals surface area contributed by atoms with Gasteiger partial charge in [0.05, 0.1) is 11.0 Å². The van der Waals surface area contributed by atoms with Gasteiger partial charge in [-0.25, -0.2) is 9.97 Å². The van der Waals surface area contributed by atoms with Crippen molar-refractivity contribution in [1.29, 1.82) is 0 Å². The number of amides is 1. The number of hydrogen-bond acceptors (Lipinski definition) is 4. The van der Waals surface area contributed by atoms with E-state index in [9.17, 15) is 4.79 Å². The van der Waals surface area contributed by atoms with Crippen molar-refractivity contribution >= 4 is 34.0 Å². The van der Waals surface area contributed by atoms with Gasteiger partial charge in [-0.15, -0.1) is 11.3 Å². The minimum atomic E-state index is -0.190. The molecular weight excluding hydrogens is 358 g/mol. The highest BCUT2D eigenvalue weighted by Gasteiger charge is 2.18. The molecule has 0 aliphatic rings. The summed E-state index contributed by atoms with van der Waals surface area (Å²) in [6.45, 7) is 6.22. The number of thiazole rings is 1. The molecule has 4 rings (SSSR count). The SMILES string of the molecule is CCc1sc(-n2cccc2)nc1C(=O)Nc1ccc2nc(C(C)C)[nH]c2c1. The Morgan fingerprint density at radius 3 is 2.74 bits per heavy atom. The van der Waals surface area contributed by atoms with Crippen LogP contribution < -0.4 is 5.32 Å². The fraction of sp³-hybridized carbons (Fsp3) is 0.250. The Morgan fingerprint density at radius 2 is 2.04 bits per heavy atom. The average Bonchev–Trinajstić information content (AvgIpc) is 3.38. The highest BCUT2D eigenvalue weighted by molar-refractivity contribution is 7.14. The molecule has 1 aromatic carbocycles. The van der Waals surface area contributed by atoms with E-state index >= 15 is 0 Å². The number of aryl methyl sites for hydroxylation is 1. The van der Waals surface area contributed by atoms with E-state index in [1.54, 1.807) is 11.3 Å². The molecule has 0 radical (unpaired) electrons. The lowest BCUT2D eigenvalue weighted by atomic mass is 10.2. The first-order valence-electron chi connectivity index (χ1n) is 8.99. The molecule has 4 aromatic rings. The fourth-order valence-electron chi connectivity index (χ4n) is 2.90. The maximum Gasteiger partial charge on any atom is 0.275 e. The van der Waals surface area contributed by atoms with Gasteiger partial charge in [-0.05, 0) is 36.8 Å². The first-order chi connectivity index (χ1) is 13.0. The third-order valence-electron chi connectivity index (χ3n) is 4.35. The number of carbonyl (C=O) groups is 1. The molecule has 0 aliphatic carbocycles. The lowest BCUT2D eigenvalue weighted by molar-refractivity contribution is 0.102. The molecule has 0 aliphatic heterocycles. The van der Waals surface area contributed by atoms with Crippen LogP contribution >= 0.6 is 11.3 Å². The summed E-state index contributed by atoms with van der Waals surface area (Å²) in [5, 5.41) is 3.77. The summed E-state index contributed by atoms with van der Waals surface area (Å²) in [7, 11) is 0. The van der Waals surface area contributed by atoms with E-state index in [1.807, 2.05) is 54.2 Å². The van der Waals surface area contributed by atoms with Crippen LogP contribution in [0.1, 0.15) is 47.9 Å². The van der Waals surface area contributed by atoms with Crippen LogP contribution in [0.5, 0.6) is 0 Å². The van der Waals surface area contributed by atoms with Crippen molar-refractivity contribution in [2.24, 2.45) is 0 Å². The smallest absolute Gasteiger partial charge is 0.275 e. The van der Waals surface area contributed by atoms with Crippen LogP contribution in [0, 0.1) is 0 Å². The van der Waals surface area contributed by atoms with Gasteiger partial charge in [-0.3, -0.25) is 4.79 Å². The van der Waals surface area contributed by atoms with Crippen molar-refractivity contribution in [2.45, 2.75) is 33.1 Å².